The van der Waals surface area contributed by atoms with Gasteiger partial charge in [-0.25, -0.2) is 0 Å². The van der Waals surface area contributed by atoms with E-state index in [2.05, 4.69) is 0 Å². The number of nitrogens with zero attached hydrogens (tertiary/aromatic N) is 1. The second kappa shape index (κ2) is 5.63. The van der Waals surface area contributed by atoms with Gasteiger partial charge in [-0.05, 0) is 12.5 Å². The Kier molecular flexibility index (Phi) is 4.46. The summed E-state index contributed by atoms with van der Waals surface area (Å²) in [7, 11) is 1.64. The monoisotopic (exact) mass is 222 g/mol. The Balaban J connectivity index is 2.67. The van der Waals surface area contributed by atoms with E-state index < -0.39 is 12.1 Å². The van der Waals surface area contributed by atoms with Crippen LogP contribution in [0, 0.1) is 0 Å². The molecule has 1 aromatic rings. The Morgan fingerprint density at radius 3 is 2.50 bits per heavy atom. The molecule has 4 heteroatoms. The zero-order valence-corrected chi connectivity index (χ0v) is 9.63. The number of benzene rings is 1. The fourth-order valence-electron chi connectivity index (χ4n) is 1.53. The SMILES string of the molecule is CC(O)CN(C)C(=O)[C@H](N)c1ccccc1. The first kappa shape index (κ1) is 12.7. The number of hydrogen-bond donors (Lipinski definition) is 2. The molecule has 0 heterocycles. The number of carbonyl (C=O) groups excluding carboxylic acids is 1. The predicted octanol–water partition coefficient (Wildman–Crippen LogP) is 0.526. The zero-order valence-electron chi connectivity index (χ0n) is 9.63. The number of aliphatic hydroxyl groups is 1. The number of aliphatic hydroxyl groups excluding tert-OH is 1. The van der Waals surface area contributed by atoms with Crippen molar-refractivity contribution in [1.82, 2.24) is 4.90 Å². The van der Waals surface area contributed by atoms with Crippen LogP contribution in [0.15, 0.2) is 30.3 Å². The number of amides is 1. The zero-order chi connectivity index (χ0) is 12.1. The molecule has 16 heavy (non-hydrogen) atoms. The molecule has 1 amide bonds. The summed E-state index contributed by atoms with van der Waals surface area (Å²) in [6.45, 7) is 1.93. The van der Waals surface area contributed by atoms with Gasteiger partial charge in [-0.1, -0.05) is 30.3 Å². The summed E-state index contributed by atoms with van der Waals surface area (Å²) in [4.78, 5) is 13.3. The Bertz CT molecular complexity index is 338. The third kappa shape index (κ3) is 3.32. The van der Waals surface area contributed by atoms with E-state index >= 15 is 0 Å². The molecule has 0 aliphatic carbocycles. The van der Waals surface area contributed by atoms with E-state index in [1.54, 1.807) is 14.0 Å². The van der Waals surface area contributed by atoms with Crippen LogP contribution in [-0.4, -0.2) is 35.6 Å². The van der Waals surface area contributed by atoms with Crippen LogP contribution in [-0.2, 0) is 4.79 Å². The first-order valence-electron chi connectivity index (χ1n) is 5.26. The van der Waals surface area contributed by atoms with Gasteiger partial charge in [0, 0.05) is 13.6 Å². The maximum absolute atomic E-state index is 11.9. The number of nitrogens with two attached hydrogens (primary N) is 1. The summed E-state index contributed by atoms with van der Waals surface area (Å²) in [6.07, 6.45) is -0.545. The Morgan fingerprint density at radius 1 is 1.44 bits per heavy atom. The summed E-state index contributed by atoms with van der Waals surface area (Å²) < 4.78 is 0. The maximum Gasteiger partial charge on any atom is 0.243 e. The van der Waals surface area contributed by atoms with Gasteiger partial charge >= 0.3 is 0 Å². The van der Waals surface area contributed by atoms with Gasteiger partial charge < -0.3 is 15.7 Å². The fourth-order valence-corrected chi connectivity index (χ4v) is 1.53. The second-order valence-corrected chi connectivity index (χ2v) is 3.96. The number of carbonyl (C=O) groups is 1. The van der Waals surface area contributed by atoms with Crippen molar-refractivity contribution in [3.05, 3.63) is 35.9 Å². The number of likely N-dealkylation sites (N-methyl/N-ethyl adjacent to an activating group) is 1. The summed E-state index contributed by atoms with van der Waals surface area (Å²) in [5.41, 5.74) is 6.62. The molecule has 1 aromatic carbocycles. The van der Waals surface area contributed by atoms with Crippen molar-refractivity contribution < 1.29 is 9.90 Å². The molecule has 0 fully saturated rings. The molecule has 0 spiro atoms. The smallest absolute Gasteiger partial charge is 0.243 e. The highest BCUT2D eigenvalue weighted by Gasteiger charge is 2.20. The lowest BCUT2D eigenvalue weighted by Crippen LogP contribution is -2.39. The predicted molar refractivity (Wildman–Crippen MR) is 62.7 cm³/mol. The first-order valence-corrected chi connectivity index (χ1v) is 5.26. The van der Waals surface area contributed by atoms with Crippen molar-refractivity contribution in [1.29, 1.82) is 0 Å². The van der Waals surface area contributed by atoms with Crippen molar-refractivity contribution in [2.45, 2.75) is 19.1 Å². The van der Waals surface area contributed by atoms with Crippen LogP contribution in [0.5, 0.6) is 0 Å². The lowest BCUT2D eigenvalue weighted by molar-refractivity contribution is -0.132. The minimum absolute atomic E-state index is 0.188. The van der Waals surface area contributed by atoms with Crippen LogP contribution in [0.4, 0.5) is 0 Å². The molecular weight excluding hydrogens is 204 g/mol. The van der Waals surface area contributed by atoms with Crippen molar-refractivity contribution in [2.24, 2.45) is 5.73 Å². The summed E-state index contributed by atoms with van der Waals surface area (Å²) in [5.74, 6) is -0.188. The van der Waals surface area contributed by atoms with Gasteiger partial charge in [-0.3, -0.25) is 4.79 Å². The lowest BCUT2D eigenvalue weighted by atomic mass is 10.1. The molecule has 0 aliphatic rings. The van der Waals surface area contributed by atoms with Crippen LogP contribution in [0.25, 0.3) is 0 Å². The topological polar surface area (TPSA) is 66.6 Å². The van der Waals surface area contributed by atoms with Crippen LogP contribution < -0.4 is 5.73 Å². The Labute approximate surface area is 95.7 Å². The molecule has 0 aliphatic heterocycles. The largest absolute Gasteiger partial charge is 0.392 e. The third-order valence-electron chi connectivity index (χ3n) is 2.34. The van der Waals surface area contributed by atoms with Gasteiger partial charge in [0.2, 0.25) is 5.91 Å². The van der Waals surface area contributed by atoms with E-state index in [1.165, 1.54) is 4.90 Å². The number of rotatable bonds is 4. The normalized spacial score (nSPS) is 14.2. The molecule has 4 nitrogen and oxygen atoms in total. The van der Waals surface area contributed by atoms with Crippen LogP contribution in [0.3, 0.4) is 0 Å². The van der Waals surface area contributed by atoms with E-state index in [4.69, 9.17) is 5.73 Å². The molecular formula is C12H18N2O2. The van der Waals surface area contributed by atoms with E-state index in [0.717, 1.165) is 5.56 Å². The molecule has 0 bridgehead atoms. The first-order chi connectivity index (χ1) is 7.52. The molecule has 3 N–H and O–H groups in total. The Hall–Kier alpha value is -1.39. The fraction of sp³-hybridized carbons (Fsp3) is 0.417. The average Bonchev–Trinajstić information content (AvgIpc) is 2.27. The van der Waals surface area contributed by atoms with Gasteiger partial charge in [-0.15, -0.1) is 0 Å². The highest BCUT2D eigenvalue weighted by molar-refractivity contribution is 5.82. The van der Waals surface area contributed by atoms with Gasteiger partial charge in [0.05, 0.1) is 6.10 Å². The van der Waals surface area contributed by atoms with Gasteiger partial charge in [-0.2, -0.15) is 0 Å². The van der Waals surface area contributed by atoms with Crippen molar-refractivity contribution in [2.75, 3.05) is 13.6 Å². The van der Waals surface area contributed by atoms with Gasteiger partial charge in [0.1, 0.15) is 6.04 Å². The average molecular weight is 222 g/mol. The minimum Gasteiger partial charge on any atom is -0.392 e. The van der Waals surface area contributed by atoms with Crippen molar-refractivity contribution in [3.8, 4) is 0 Å². The quantitative estimate of drug-likeness (QED) is 0.780. The molecule has 0 radical (unpaired) electrons. The standard InChI is InChI=1S/C12H18N2O2/c1-9(15)8-14(2)12(16)11(13)10-6-4-3-5-7-10/h3-7,9,11,15H,8,13H2,1-2H3/t9?,11-/m1/s1. The highest BCUT2D eigenvalue weighted by Crippen LogP contribution is 2.12. The van der Waals surface area contributed by atoms with E-state index in [1.807, 2.05) is 30.3 Å². The molecule has 1 unspecified atom stereocenters. The van der Waals surface area contributed by atoms with Crippen LogP contribution in [0.2, 0.25) is 0 Å². The molecule has 1 rings (SSSR count). The molecule has 0 saturated carbocycles. The summed E-state index contributed by atoms with van der Waals surface area (Å²) >= 11 is 0. The van der Waals surface area contributed by atoms with E-state index in [-0.39, 0.29) is 5.91 Å². The third-order valence-corrected chi connectivity index (χ3v) is 2.34. The second-order valence-electron chi connectivity index (χ2n) is 3.96. The van der Waals surface area contributed by atoms with Crippen LogP contribution >= 0.6 is 0 Å². The number of hydrogen-bond acceptors (Lipinski definition) is 3. The highest BCUT2D eigenvalue weighted by atomic mass is 16.3. The Morgan fingerprint density at radius 2 is 2.00 bits per heavy atom. The molecule has 0 saturated heterocycles. The van der Waals surface area contributed by atoms with E-state index in [9.17, 15) is 9.90 Å². The molecule has 2 atom stereocenters. The summed E-state index contributed by atoms with van der Waals surface area (Å²) in [6, 6.07) is 8.54. The molecule has 0 aromatic heterocycles. The van der Waals surface area contributed by atoms with Crippen molar-refractivity contribution >= 4 is 5.91 Å². The van der Waals surface area contributed by atoms with Gasteiger partial charge in [0.25, 0.3) is 0 Å². The lowest BCUT2D eigenvalue weighted by Gasteiger charge is -2.22. The summed E-state index contributed by atoms with van der Waals surface area (Å²) in [5, 5.41) is 9.19. The van der Waals surface area contributed by atoms with Gasteiger partial charge in [0.15, 0.2) is 0 Å². The minimum atomic E-state index is -0.662. The van der Waals surface area contributed by atoms with E-state index in [0.29, 0.717) is 6.54 Å². The molecule has 88 valence electrons. The van der Waals surface area contributed by atoms with Crippen LogP contribution in [0.1, 0.15) is 18.5 Å². The van der Waals surface area contributed by atoms with Crippen molar-refractivity contribution in [3.63, 3.8) is 0 Å². The maximum atomic E-state index is 11.9.